The van der Waals surface area contributed by atoms with Crippen LogP contribution in [0.25, 0.3) is 11.1 Å². The fourth-order valence-electron chi connectivity index (χ4n) is 3.31. The van der Waals surface area contributed by atoms with Crippen LogP contribution in [0.5, 0.6) is 5.75 Å². The van der Waals surface area contributed by atoms with Crippen LogP contribution in [-0.4, -0.2) is 22.1 Å². The highest BCUT2D eigenvalue weighted by Gasteiger charge is 2.19. The summed E-state index contributed by atoms with van der Waals surface area (Å²) >= 11 is 8.30. The molecule has 4 rings (SSSR count). The third-order valence-electron chi connectivity index (χ3n) is 4.82. The number of ether oxygens (including phenoxy) is 1. The van der Waals surface area contributed by atoms with Crippen molar-refractivity contribution in [2.45, 2.75) is 24.3 Å². The van der Waals surface area contributed by atoms with Crippen molar-refractivity contribution in [1.82, 2.24) is 9.89 Å². The Hall–Kier alpha value is -2.71. The summed E-state index contributed by atoms with van der Waals surface area (Å²) in [7, 11) is 0. The van der Waals surface area contributed by atoms with Gasteiger partial charge in [0, 0.05) is 16.9 Å². The van der Waals surface area contributed by atoms with Gasteiger partial charge in [-0.15, -0.1) is 0 Å². The second-order valence-electron chi connectivity index (χ2n) is 7.03. The Morgan fingerprint density at radius 1 is 1.13 bits per heavy atom. The van der Waals surface area contributed by atoms with E-state index in [1.807, 2.05) is 30.3 Å². The first-order valence-corrected chi connectivity index (χ1v) is 11.0. The minimum absolute atomic E-state index is 0.180. The first kappa shape index (κ1) is 21.5. The van der Waals surface area contributed by atoms with Crippen molar-refractivity contribution in [1.29, 1.82) is 0 Å². The first-order chi connectivity index (χ1) is 15.1. The highest BCUT2D eigenvalue weighted by Crippen LogP contribution is 2.38. The lowest BCUT2D eigenvalue weighted by molar-refractivity contribution is -0.129. The minimum atomic E-state index is -0.438. The van der Waals surface area contributed by atoms with Crippen molar-refractivity contribution < 1.29 is 14.7 Å². The lowest BCUT2D eigenvalue weighted by atomic mass is 10.0. The smallest absolute Gasteiger partial charge is 0.243 e. The number of hydroxylamine groups is 1. The van der Waals surface area contributed by atoms with Crippen LogP contribution in [0.1, 0.15) is 18.4 Å². The van der Waals surface area contributed by atoms with Crippen molar-refractivity contribution >= 4 is 35.1 Å². The summed E-state index contributed by atoms with van der Waals surface area (Å²) in [6, 6.07) is 22.1. The topological polar surface area (TPSA) is 73.8 Å². The molecule has 0 fully saturated rings. The molecule has 3 aromatic carbocycles. The summed E-state index contributed by atoms with van der Waals surface area (Å²) in [4.78, 5) is 12.4. The number of benzene rings is 3. The monoisotopic (exact) mass is 455 g/mol. The van der Waals surface area contributed by atoms with Crippen molar-refractivity contribution in [3.05, 3.63) is 77.3 Å². The third-order valence-corrected chi connectivity index (χ3v) is 6.24. The fraction of sp³-hybridized carbons (Fsp3) is 0.174. The fourth-order valence-corrected chi connectivity index (χ4v) is 4.58. The average molecular weight is 456 g/mol. The van der Waals surface area contributed by atoms with E-state index < -0.39 is 5.91 Å². The molecular formula is C23H22ClN3O3S. The van der Waals surface area contributed by atoms with E-state index in [-0.39, 0.29) is 6.42 Å². The van der Waals surface area contributed by atoms with Gasteiger partial charge in [-0.2, -0.15) is 4.41 Å². The van der Waals surface area contributed by atoms with Crippen LogP contribution in [0.3, 0.4) is 0 Å². The van der Waals surface area contributed by atoms with Crippen LogP contribution in [0.15, 0.2) is 71.6 Å². The average Bonchev–Trinajstić information content (AvgIpc) is 3.20. The van der Waals surface area contributed by atoms with Gasteiger partial charge in [0.1, 0.15) is 5.75 Å². The van der Waals surface area contributed by atoms with Crippen molar-refractivity contribution in [2.75, 3.05) is 12.0 Å². The maximum atomic E-state index is 11.1. The van der Waals surface area contributed by atoms with Gasteiger partial charge < -0.3 is 10.2 Å². The van der Waals surface area contributed by atoms with Crippen molar-refractivity contribution in [3.63, 3.8) is 0 Å². The van der Waals surface area contributed by atoms with Gasteiger partial charge >= 0.3 is 0 Å². The molecule has 3 N–H and O–H groups in total. The van der Waals surface area contributed by atoms with Crippen LogP contribution in [0, 0.1) is 0 Å². The molecule has 0 aromatic heterocycles. The van der Waals surface area contributed by atoms with Gasteiger partial charge in [0.25, 0.3) is 0 Å². The minimum Gasteiger partial charge on any atom is -0.492 e. The van der Waals surface area contributed by atoms with Crippen LogP contribution in [0.4, 0.5) is 5.69 Å². The van der Waals surface area contributed by atoms with E-state index in [0.717, 1.165) is 23.4 Å². The molecule has 0 saturated carbocycles. The molecule has 6 nitrogen and oxygen atoms in total. The normalized spacial score (nSPS) is 13.0. The standard InChI is InChI=1S/C23H22ClN3O3S/c24-23-19(9-4-10-20(23)30-13-5-12-22(28)26-29)16-7-3-8-18(14-16)25-27-15-17-6-1-2-11-21(17)31-27/h1-4,6-11,14,25,29H,5,12-13,15H2,(H,26,28). The van der Waals surface area contributed by atoms with Gasteiger partial charge in [0.05, 0.1) is 23.9 Å². The molecule has 1 aliphatic rings. The van der Waals surface area contributed by atoms with E-state index in [1.165, 1.54) is 10.5 Å². The molecule has 1 heterocycles. The molecule has 0 radical (unpaired) electrons. The largest absolute Gasteiger partial charge is 0.492 e. The summed E-state index contributed by atoms with van der Waals surface area (Å²) < 4.78 is 7.85. The molecule has 8 heteroatoms. The molecule has 0 bridgehead atoms. The number of nitrogens with zero attached hydrogens (tertiary/aromatic N) is 1. The third kappa shape index (κ3) is 5.32. The van der Waals surface area contributed by atoms with Gasteiger partial charge in [-0.25, -0.2) is 5.48 Å². The number of hydrogen-bond donors (Lipinski definition) is 3. The van der Waals surface area contributed by atoms with Gasteiger partial charge in [-0.05, 0) is 53.8 Å². The molecule has 3 aromatic rings. The molecule has 0 atom stereocenters. The Morgan fingerprint density at radius 3 is 2.81 bits per heavy atom. The Labute approximate surface area is 190 Å². The number of fused-ring (bicyclic) bond motifs is 1. The maximum absolute atomic E-state index is 11.1. The highest BCUT2D eigenvalue weighted by atomic mass is 35.5. The summed E-state index contributed by atoms with van der Waals surface area (Å²) in [5.74, 6) is 0.125. The Balaban J connectivity index is 1.43. The van der Waals surface area contributed by atoms with Crippen molar-refractivity contribution in [3.8, 4) is 16.9 Å². The second-order valence-corrected chi connectivity index (χ2v) is 8.47. The number of anilines is 1. The number of carbonyl (C=O) groups is 1. The van der Waals surface area contributed by atoms with E-state index in [9.17, 15) is 4.79 Å². The molecule has 0 aliphatic carbocycles. The SMILES string of the molecule is O=C(CCCOc1cccc(-c2cccc(NN3Cc4ccccc4S3)c2)c1Cl)NO. The molecule has 0 spiro atoms. The second kappa shape index (κ2) is 10.1. The van der Waals surface area contributed by atoms with Crippen LogP contribution in [0.2, 0.25) is 5.02 Å². The number of hydrogen-bond acceptors (Lipinski definition) is 6. The first-order valence-electron chi connectivity index (χ1n) is 9.89. The number of amides is 1. The Morgan fingerprint density at radius 2 is 1.97 bits per heavy atom. The molecule has 160 valence electrons. The molecule has 1 aliphatic heterocycles. The van der Waals surface area contributed by atoms with Gasteiger partial charge in [0.2, 0.25) is 5.91 Å². The Bertz CT molecular complexity index is 1050. The molecular weight excluding hydrogens is 434 g/mol. The zero-order valence-electron chi connectivity index (χ0n) is 16.7. The molecule has 0 unspecified atom stereocenters. The molecule has 1 amide bonds. The number of halogens is 1. The Kier molecular flexibility index (Phi) is 6.99. The van der Waals surface area contributed by atoms with E-state index in [1.54, 1.807) is 23.5 Å². The molecule has 0 saturated heterocycles. The van der Waals surface area contributed by atoms with Crippen LogP contribution < -0.4 is 15.6 Å². The van der Waals surface area contributed by atoms with E-state index in [4.69, 9.17) is 21.5 Å². The summed E-state index contributed by atoms with van der Waals surface area (Å²) in [5, 5.41) is 9.07. The van der Waals surface area contributed by atoms with Gasteiger partial charge in [-0.3, -0.25) is 10.0 Å². The van der Waals surface area contributed by atoms with E-state index in [0.29, 0.717) is 23.8 Å². The quantitative estimate of drug-likeness (QED) is 0.180. The summed E-state index contributed by atoms with van der Waals surface area (Å²) in [5.41, 5.74) is 9.18. The van der Waals surface area contributed by atoms with Crippen LogP contribution in [-0.2, 0) is 11.3 Å². The van der Waals surface area contributed by atoms with Crippen molar-refractivity contribution in [2.24, 2.45) is 0 Å². The number of carbonyl (C=O) groups excluding carboxylic acids is 1. The predicted molar refractivity (Wildman–Crippen MR) is 123 cm³/mol. The highest BCUT2D eigenvalue weighted by molar-refractivity contribution is 7.97. The summed E-state index contributed by atoms with van der Waals surface area (Å²) in [6.45, 7) is 1.15. The van der Waals surface area contributed by atoms with E-state index in [2.05, 4.69) is 40.2 Å². The maximum Gasteiger partial charge on any atom is 0.243 e. The predicted octanol–water partition coefficient (Wildman–Crippen LogP) is 5.52. The molecule has 31 heavy (non-hydrogen) atoms. The lowest BCUT2D eigenvalue weighted by Crippen LogP contribution is -2.18. The number of rotatable bonds is 8. The number of nitrogens with one attached hydrogen (secondary N) is 2. The van der Waals surface area contributed by atoms with E-state index >= 15 is 0 Å². The van der Waals surface area contributed by atoms with Gasteiger partial charge in [-0.1, -0.05) is 54.1 Å². The zero-order chi connectivity index (χ0) is 21.6. The zero-order valence-corrected chi connectivity index (χ0v) is 18.2. The number of hydrazine groups is 1. The summed E-state index contributed by atoms with van der Waals surface area (Å²) in [6.07, 6.45) is 0.655. The lowest BCUT2D eigenvalue weighted by Gasteiger charge is -2.17. The van der Waals surface area contributed by atoms with Gasteiger partial charge in [0.15, 0.2) is 0 Å². The van der Waals surface area contributed by atoms with Crippen LogP contribution >= 0.6 is 23.5 Å².